The Morgan fingerprint density at radius 2 is 0.128 bits per heavy atom. The van der Waals surface area contributed by atoms with Crippen molar-refractivity contribution in [1.82, 2.24) is 0 Å². The molecule has 0 aliphatic rings. The van der Waals surface area contributed by atoms with Crippen LogP contribution in [-0.2, 0) is 88.5 Å². The molecule has 0 bridgehead atoms. The third-order valence-corrected chi connectivity index (χ3v) is 39.2. The molecule has 0 aliphatic heterocycles. The monoisotopic (exact) mass is 2760 g/mol. The van der Waals surface area contributed by atoms with Crippen LogP contribution < -0.4 is 0 Å². The summed E-state index contributed by atoms with van der Waals surface area (Å²) in [5.74, 6) is -166. The van der Waals surface area contributed by atoms with Crippen LogP contribution in [0.1, 0.15) is 0 Å². The van der Waals surface area contributed by atoms with Gasteiger partial charge in [0, 0.05) is 0 Å². The summed E-state index contributed by atoms with van der Waals surface area (Å²) in [7, 11) is -97.8. The molecule has 0 unspecified atom stereocenters. The van der Waals surface area contributed by atoms with Crippen LogP contribution in [0.5, 0.6) is 0 Å². The summed E-state index contributed by atoms with van der Waals surface area (Å²) in [5, 5.41) is -86.6. The van der Waals surface area contributed by atoms with Crippen molar-refractivity contribution in [3.63, 3.8) is 0 Å². The van der Waals surface area contributed by atoms with E-state index in [1.165, 1.54) is 0 Å². The molecule has 148 heavy (non-hydrogen) atoms. The van der Waals surface area contributed by atoms with E-state index >= 15 is 0 Å². The summed E-state index contributed by atoms with van der Waals surface area (Å²) in [6.07, 6.45) is -76.2. The first-order valence-electron chi connectivity index (χ1n) is 28.7. The number of alkyl halides is 81. The van der Waals surface area contributed by atoms with Crippen molar-refractivity contribution in [3.05, 3.63) is 11.7 Å². The molecule has 0 atom stereocenters. The second-order valence-electron chi connectivity index (χ2n) is 24.8. The van der Waals surface area contributed by atoms with Gasteiger partial charge in [0.25, 0.3) is 0 Å². The third-order valence-electron chi connectivity index (χ3n) is 15.1. The van der Waals surface area contributed by atoms with Crippen LogP contribution in [0, 0.1) is 58.7 Å². The van der Waals surface area contributed by atoms with Crippen molar-refractivity contribution in [1.29, 1.82) is 0 Å². The van der Waals surface area contributed by atoms with Gasteiger partial charge in [-0.15, -0.1) is 0 Å². The maximum atomic E-state index is 14.1. The van der Waals surface area contributed by atoms with Crippen molar-refractivity contribution in [2.24, 2.45) is 0 Å². The molecule has 0 saturated heterocycles. The van der Waals surface area contributed by atoms with Crippen molar-refractivity contribution >= 4 is 88.5 Å². The van der Waals surface area contributed by atoms with Gasteiger partial charge >= 0.3 is 256 Å². The summed E-state index contributed by atoms with van der Waals surface area (Å²) >= 11 is 0. The van der Waals surface area contributed by atoms with E-state index in [2.05, 4.69) is 0 Å². The first-order chi connectivity index (χ1) is 61.1. The summed E-state index contributed by atoms with van der Waals surface area (Å²) in [6, 6.07) is 0. The Bertz CT molecular complexity index is 4790. The molecular formula is C39F81O18S9Yb. The molecule has 1 radical (unpaired) electrons. The third kappa shape index (κ3) is 20.0. The zero-order valence-corrected chi connectivity index (χ0v) is 70.5. The molecule has 0 fully saturated rings. The van der Waals surface area contributed by atoms with Crippen LogP contribution in [0.2, 0.25) is 0 Å². The van der Waals surface area contributed by atoms with Gasteiger partial charge in [-0.2, -0.15) is 356 Å². The van der Waals surface area contributed by atoms with Crippen molar-refractivity contribution in [2.75, 3.05) is 0 Å². The standard InChI is InChI=1S/3C13F27O6S3.Yb/c3*14-2(15,8(26,27)28)5(20,21)11(35,36)47(41,42)1(48(43,44)12(37,38)6(22,23)3(16,17)9(29,30)31)49(45,46)13(39,40)7(24,25)4(18,19)10(32,33)34;/q3*-1;+3. The van der Waals surface area contributed by atoms with Crippen LogP contribution >= 0.6 is 0 Å². The predicted molar refractivity (Wildman–Crippen MR) is 278 cm³/mol. The minimum Gasteiger partial charge on any atom is -0.254 e. The Kier molecular flexibility index (Phi) is 38.2. The SMILES string of the molecule is O=S(=O)([C-](S(=O)(=O)C(F)(F)C(F)(F)C(F)(F)C(F)(F)F)S(=O)(=O)C(F)(F)C(F)(F)C(F)(F)C(F)(F)F)C(F)(F)C(F)(F)C(F)(F)C(F)(F)F.O=S(=O)([C-](S(=O)(=O)C(F)(F)C(F)(F)C(F)(F)C(F)(F)F)S(=O)(=O)C(F)(F)C(F)(F)C(F)(F)C(F)(F)F)C(F)(F)C(F)(F)C(F)(F)C(F)(F)F.O=S(=O)([C-](S(=O)(=O)C(F)(F)C(F)(F)C(F)(F)C(F)(F)F)S(=O)(=O)C(F)(F)C(F)(F)C(F)(F)C(F)(F)F)C(F)(F)C(F)(F)C(F)(F)C(F)(F)F.[Yb+3]. The van der Waals surface area contributed by atoms with Gasteiger partial charge in [-0.3, -0.25) is 75.8 Å². The molecule has 18 nitrogen and oxygen atoms in total. The summed E-state index contributed by atoms with van der Waals surface area (Å²) in [4.78, 5) is 0. The van der Waals surface area contributed by atoms with E-state index in [0.29, 0.717) is 0 Å². The average molecular weight is 2760 g/mol. The van der Waals surface area contributed by atoms with Gasteiger partial charge in [-0.1, -0.05) is 0 Å². The molecule has 0 heterocycles. The van der Waals surface area contributed by atoms with Crippen LogP contribution in [0.25, 0.3) is 0 Å². The van der Waals surface area contributed by atoms with Gasteiger partial charge in [0.2, 0.25) is 0 Å². The smallest absolute Gasteiger partial charge is 0.254 e. The van der Waals surface area contributed by atoms with Gasteiger partial charge < -0.3 is 0 Å². The Balaban J connectivity index is -0.00000105. The summed E-state index contributed by atoms with van der Waals surface area (Å²) in [5.41, 5.74) is 0. The Morgan fingerprint density at radius 1 is 0.0878 bits per heavy atom. The molecular weight excluding hydrogens is 2760 g/mol. The molecule has 109 heteroatoms. The number of hydrogen-bond acceptors (Lipinski definition) is 18. The molecule has 0 saturated carbocycles. The fourth-order valence-corrected chi connectivity index (χ4v) is 29.1. The van der Waals surface area contributed by atoms with E-state index in [1.807, 2.05) is 0 Å². The zero-order chi connectivity index (χ0) is 123. The van der Waals surface area contributed by atoms with Crippen molar-refractivity contribution in [2.45, 2.75) is 209 Å². The largest absolute Gasteiger partial charge is 3.00 e. The topological polar surface area (TPSA) is 307 Å². The maximum Gasteiger partial charge on any atom is 3.00 e. The Hall–Kier alpha value is -4.60. The minimum absolute atomic E-state index is 0. The van der Waals surface area contributed by atoms with Crippen LogP contribution in [-0.4, -0.2) is 285 Å². The number of rotatable bonds is 36. The van der Waals surface area contributed by atoms with E-state index in [1.54, 1.807) is 0 Å². The normalized spacial score (nSPS) is 17.0. The van der Waals surface area contributed by atoms with E-state index in [4.69, 9.17) is 0 Å². The van der Waals surface area contributed by atoms with E-state index in [-0.39, 0.29) is 46.9 Å². The minimum atomic E-state index is -10.9. The van der Waals surface area contributed by atoms with Gasteiger partial charge in [0.15, 0.2) is 0 Å². The second-order valence-corrected chi connectivity index (χ2v) is 44.4. The molecule has 0 aliphatic carbocycles. The van der Waals surface area contributed by atoms with E-state index in [9.17, 15) is 431 Å². The van der Waals surface area contributed by atoms with Gasteiger partial charge in [0.1, 0.15) is 88.5 Å². The van der Waals surface area contributed by atoms with Gasteiger partial charge in [0.05, 0.1) is 11.7 Å². The predicted octanol–water partition coefficient (Wildman–Crippen LogP) is 20.9. The van der Waals surface area contributed by atoms with E-state index < -0.39 is 310 Å². The molecule has 0 aromatic heterocycles. The van der Waals surface area contributed by atoms with Gasteiger partial charge in [-0.25, -0.2) is 0 Å². The first-order valence-corrected chi connectivity index (χ1v) is 42.1. The first kappa shape index (κ1) is 150. The van der Waals surface area contributed by atoms with Crippen molar-refractivity contribution in [3.8, 4) is 0 Å². The van der Waals surface area contributed by atoms with E-state index in [0.717, 1.165) is 0 Å². The quantitative estimate of drug-likeness (QED) is 0.0415. The molecule has 0 spiro atoms. The molecule has 899 valence electrons. The molecule has 0 aromatic rings. The molecule has 0 rings (SSSR count). The summed E-state index contributed by atoms with van der Waals surface area (Å²) in [6.45, 7) is 0. The number of halogens is 81. The van der Waals surface area contributed by atoms with Gasteiger partial charge in [-0.05, 0) is 0 Å². The Morgan fingerprint density at radius 3 is 0.162 bits per heavy atom. The van der Waals surface area contributed by atoms with Crippen LogP contribution in [0.3, 0.4) is 0 Å². The molecule has 0 aromatic carbocycles. The maximum absolute atomic E-state index is 14.1. The summed E-state index contributed by atoms with van der Waals surface area (Å²) < 4.78 is 1260. The fraction of sp³-hybridized carbons (Fsp3) is 0.923. The number of sulfone groups is 9. The Labute approximate surface area is 784 Å². The van der Waals surface area contributed by atoms with Crippen LogP contribution in [0.15, 0.2) is 0 Å². The average Bonchev–Trinajstić information content (AvgIpc) is 0.678. The fourth-order valence-electron chi connectivity index (χ4n) is 7.01. The second kappa shape index (κ2) is 37.8. The molecule has 0 amide bonds. The van der Waals surface area contributed by atoms with Crippen LogP contribution in [0.4, 0.5) is 356 Å². The number of hydrogen-bond donors (Lipinski definition) is 0. The zero-order valence-electron chi connectivity index (χ0n) is 61.4. The molecule has 0 N–H and O–H groups in total. The van der Waals surface area contributed by atoms with Crippen molar-refractivity contribution < 1.29 is 478 Å².